The standard InChI is InChI=1S/C23H39NO3Si/c1-17(2)15-16-24-22(25)21-20(26-21)19(27-28(6,7)23(3,4)5)14-13-18-11-9-8-10-12-18/h8-12,17,19-21H,13-16H2,1-7H3,(H,24,25)/t19?,20-,21-/m1/s1. The zero-order valence-corrected chi connectivity index (χ0v) is 19.7. The smallest absolute Gasteiger partial charge is 0.251 e. The second-order valence-corrected chi connectivity index (χ2v) is 14.7. The number of amides is 1. The van der Waals surface area contributed by atoms with E-state index in [1.54, 1.807) is 0 Å². The van der Waals surface area contributed by atoms with Crippen LogP contribution in [0.25, 0.3) is 0 Å². The van der Waals surface area contributed by atoms with Crippen LogP contribution in [0.1, 0.15) is 53.0 Å². The molecule has 3 atom stereocenters. The van der Waals surface area contributed by atoms with E-state index in [4.69, 9.17) is 9.16 Å². The number of hydrogen-bond acceptors (Lipinski definition) is 3. The van der Waals surface area contributed by atoms with Gasteiger partial charge in [-0.3, -0.25) is 4.79 Å². The number of rotatable bonds is 10. The largest absolute Gasteiger partial charge is 0.411 e. The van der Waals surface area contributed by atoms with Crippen molar-refractivity contribution in [3.63, 3.8) is 0 Å². The lowest BCUT2D eigenvalue weighted by atomic mass is 10.0. The zero-order valence-electron chi connectivity index (χ0n) is 18.7. The van der Waals surface area contributed by atoms with Gasteiger partial charge in [0, 0.05) is 6.54 Å². The number of nitrogens with one attached hydrogen (secondary N) is 1. The molecule has 1 aliphatic heterocycles. The van der Waals surface area contributed by atoms with Gasteiger partial charge in [0.2, 0.25) is 0 Å². The van der Waals surface area contributed by atoms with Gasteiger partial charge in [-0.05, 0) is 48.9 Å². The topological polar surface area (TPSA) is 50.9 Å². The molecule has 1 heterocycles. The molecule has 1 unspecified atom stereocenters. The lowest BCUT2D eigenvalue weighted by Gasteiger charge is -2.39. The number of carbonyl (C=O) groups is 1. The summed E-state index contributed by atoms with van der Waals surface area (Å²) in [7, 11) is -1.95. The van der Waals surface area contributed by atoms with Gasteiger partial charge in [-0.25, -0.2) is 0 Å². The van der Waals surface area contributed by atoms with Crippen LogP contribution in [0.15, 0.2) is 30.3 Å². The van der Waals surface area contributed by atoms with Gasteiger partial charge in [-0.2, -0.15) is 0 Å². The molecule has 0 spiro atoms. The van der Waals surface area contributed by atoms with Crippen molar-refractivity contribution < 1.29 is 14.0 Å². The highest BCUT2D eigenvalue weighted by atomic mass is 28.4. The summed E-state index contributed by atoms with van der Waals surface area (Å²) in [6.45, 7) is 16.3. The lowest BCUT2D eigenvalue weighted by molar-refractivity contribution is -0.122. The maximum atomic E-state index is 12.5. The Morgan fingerprint density at radius 2 is 1.82 bits per heavy atom. The number of ether oxygens (including phenoxy) is 1. The Morgan fingerprint density at radius 1 is 1.18 bits per heavy atom. The molecule has 5 heteroatoms. The monoisotopic (exact) mass is 405 g/mol. The van der Waals surface area contributed by atoms with Gasteiger partial charge in [0.05, 0.1) is 6.10 Å². The summed E-state index contributed by atoms with van der Waals surface area (Å²) in [6, 6.07) is 10.5. The first-order valence-electron chi connectivity index (χ1n) is 10.7. The molecule has 0 aromatic heterocycles. The molecule has 0 aliphatic carbocycles. The third kappa shape index (κ3) is 6.71. The van der Waals surface area contributed by atoms with Crippen molar-refractivity contribution in [1.29, 1.82) is 0 Å². The fourth-order valence-corrected chi connectivity index (χ4v) is 4.36. The third-order valence-corrected chi connectivity index (χ3v) is 10.5. The van der Waals surface area contributed by atoms with E-state index >= 15 is 0 Å². The Morgan fingerprint density at radius 3 is 2.39 bits per heavy atom. The molecular weight excluding hydrogens is 366 g/mol. The predicted molar refractivity (Wildman–Crippen MR) is 118 cm³/mol. The van der Waals surface area contributed by atoms with Gasteiger partial charge >= 0.3 is 0 Å². The van der Waals surface area contributed by atoms with E-state index in [9.17, 15) is 4.79 Å². The molecule has 1 aromatic rings. The van der Waals surface area contributed by atoms with Crippen LogP contribution in [0.2, 0.25) is 18.1 Å². The summed E-state index contributed by atoms with van der Waals surface area (Å²) in [5.74, 6) is 0.589. The Bertz CT molecular complexity index is 624. The Kier molecular flexibility index (Phi) is 7.88. The average Bonchev–Trinajstić information content (AvgIpc) is 3.39. The van der Waals surface area contributed by atoms with Crippen LogP contribution in [0, 0.1) is 5.92 Å². The molecule has 1 amide bonds. The van der Waals surface area contributed by atoms with E-state index in [1.807, 2.05) is 6.07 Å². The first-order chi connectivity index (χ1) is 13.0. The normalized spacial score (nSPS) is 20.9. The lowest BCUT2D eigenvalue weighted by Crippen LogP contribution is -2.46. The highest BCUT2D eigenvalue weighted by molar-refractivity contribution is 6.74. The maximum Gasteiger partial charge on any atom is 0.251 e. The highest BCUT2D eigenvalue weighted by Crippen LogP contribution is 2.40. The number of aryl methyl sites for hydroxylation is 1. The first kappa shape index (κ1) is 23.1. The SMILES string of the molecule is CC(C)CCNC(=O)[C@@H]1O[C@@H]1C(CCc1ccccc1)O[Si](C)(C)C(C)(C)C. The quantitative estimate of drug-likeness (QED) is 0.443. The number of benzene rings is 1. The Labute approximate surface area is 172 Å². The third-order valence-electron chi connectivity index (χ3n) is 5.98. The van der Waals surface area contributed by atoms with Crippen molar-refractivity contribution in [2.24, 2.45) is 5.92 Å². The summed E-state index contributed by atoms with van der Waals surface area (Å²) in [6.07, 6.45) is 2.26. The maximum absolute atomic E-state index is 12.5. The Balaban J connectivity index is 1.99. The molecule has 0 bridgehead atoms. The van der Waals surface area contributed by atoms with Crippen LogP contribution in [-0.2, 0) is 20.4 Å². The number of epoxide rings is 1. The van der Waals surface area contributed by atoms with Gasteiger partial charge < -0.3 is 14.5 Å². The van der Waals surface area contributed by atoms with E-state index < -0.39 is 8.32 Å². The van der Waals surface area contributed by atoms with Crippen LogP contribution in [-0.4, -0.2) is 39.1 Å². The van der Waals surface area contributed by atoms with E-state index in [0.717, 1.165) is 19.3 Å². The van der Waals surface area contributed by atoms with Gasteiger partial charge in [-0.1, -0.05) is 65.0 Å². The van der Waals surface area contributed by atoms with Crippen LogP contribution in [0.4, 0.5) is 0 Å². The summed E-state index contributed by atoms with van der Waals surface area (Å²) in [4.78, 5) is 12.5. The van der Waals surface area contributed by atoms with Gasteiger partial charge in [-0.15, -0.1) is 0 Å². The summed E-state index contributed by atoms with van der Waals surface area (Å²) < 4.78 is 12.5. The number of carbonyl (C=O) groups excluding carboxylic acids is 1. The van der Waals surface area contributed by atoms with Gasteiger partial charge in [0.15, 0.2) is 14.4 Å². The minimum Gasteiger partial charge on any atom is -0.411 e. The van der Waals surface area contributed by atoms with E-state index in [-0.39, 0.29) is 29.3 Å². The van der Waals surface area contributed by atoms with Crippen LogP contribution >= 0.6 is 0 Å². The fourth-order valence-electron chi connectivity index (χ4n) is 3.00. The molecule has 1 fully saturated rings. The van der Waals surface area contributed by atoms with Crippen molar-refractivity contribution in [1.82, 2.24) is 5.32 Å². The molecule has 158 valence electrons. The molecule has 4 nitrogen and oxygen atoms in total. The van der Waals surface area contributed by atoms with Gasteiger partial charge in [0.1, 0.15) is 6.10 Å². The summed E-state index contributed by atoms with van der Waals surface area (Å²) in [5.41, 5.74) is 1.30. The van der Waals surface area contributed by atoms with Crippen molar-refractivity contribution in [3.8, 4) is 0 Å². The molecule has 2 rings (SSSR count). The van der Waals surface area contributed by atoms with Crippen molar-refractivity contribution in [3.05, 3.63) is 35.9 Å². The average molecular weight is 406 g/mol. The molecule has 1 saturated heterocycles. The molecule has 0 saturated carbocycles. The van der Waals surface area contributed by atoms with Crippen LogP contribution in [0.5, 0.6) is 0 Å². The zero-order chi connectivity index (χ0) is 20.9. The molecule has 1 aliphatic rings. The molecule has 28 heavy (non-hydrogen) atoms. The first-order valence-corrected chi connectivity index (χ1v) is 13.6. The van der Waals surface area contributed by atoms with E-state index in [0.29, 0.717) is 12.5 Å². The van der Waals surface area contributed by atoms with Crippen molar-refractivity contribution >= 4 is 14.2 Å². The predicted octanol–water partition coefficient (Wildman–Crippen LogP) is 4.94. The minimum absolute atomic E-state index is 0.00851. The fraction of sp³-hybridized carbons (Fsp3) is 0.696. The summed E-state index contributed by atoms with van der Waals surface area (Å²) >= 11 is 0. The minimum atomic E-state index is -1.95. The second kappa shape index (κ2) is 9.55. The van der Waals surface area contributed by atoms with E-state index in [1.165, 1.54) is 5.56 Å². The molecule has 0 radical (unpaired) electrons. The Hall–Kier alpha value is -1.17. The van der Waals surface area contributed by atoms with Crippen molar-refractivity contribution in [2.75, 3.05) is 6.54 Å². The van der Waals surface area contributed by atoms with Crippen LogP contribution in [0.3, 0.4) is 0 Å². The van der Waals surface area contributed by atoms with Crippen LogP contribution < -0.4 is 5.32 Å². The summed E-state index contributed by atoms with van der Waals surface area (Å²) in [5, 5.41) is 3.15. The second-order valence-electron chi connectivity index (χ2n) is 9.94. The molecule has 1 N–H and O–H groups in total. The van der Waals surface area contributed by atoms with Crippen molar-refractivity contribution in [2.45, 2.75) is 90.3 Å². The van der Waals surface area contributed by atoms with Gasteiger partial charge in [0.25, 0.3) is 5.91 Å². The van der Waals surface area contributed by atoms with E-state index in [2.05, 4.69) is 77.3 Å². The number of hydrogen-bond donors (Lipinski definition) is 1. The highest BCUT2D eigenvalue weighted by Gasteiger charge is 2.52. The molecular formula is C23H39NO3Si. The molecule has 1 aromatic carbocycles.